The molecule has 4 nitrogen and oxygen atoms in total. The third-order valence-electron chi connectivity index (χ3n) is 4.81. The van der Waals surface area contributed by atoms with Crippen molar-refractivity contribution in [1.29, 1.82) is 0 Å². The van der Waals surface area contributed by atoms with Crippen LogP contribution in [0.4, 0.5) is 0 Å². The molecule has 0 bridgehead atoms. The Hall–Kier alpha value is -1.92. The van der Waals surface area contributed by atoms with E-state index in [1.165, 1.54) is 28.6 Å². The maximum Gasteiger partial charge on any atom is 0.233 e. The van der Waals surface area contributed by atoms with Crippen molar-refractivity contribution in [1.82, 2.24) is 14.9 Å². The van der Waals surface area contributed by atoms with Crippen LogP contribution in [0, 0.1) is 0 Å². The Morgan fingerprint density at radius 1 is 1.27 bits per heavy atom. The summed E-state index contributed by atoms with van der Waals surface area (Å²) in [4.78, 5) is 25.6. The summed E-state index contributed by atoms with van der Waals surface area (Å²) in [6.07, 6.45) is 5.05. The van der Waals surface area contributed by atoms with Crippen molar-refractivity contribution in [3.63, 3.8) is 0 Å². The number of rotatable bonds is 4. The van der Waals surface area contributed by atoms with Gasteiger partial charge in [-0.2, -0.15) is 0 Å². The van der Waals surface area contributed by atoms with Gasteiger partial charge < -0.3 is 4.90 Å². The lowest BCUT2D eigenvalue weighted by molar-refractivity contribution is -0.131. The number of piperidine rings is 1. The van der Waals surface area contributed by atoms with E-state index in [1.807, 2.05) is 23.1 Å². The van der Waals surface area contributed by atoms with Gasteiger partial charge in [-0.15, -0.1) is 11.3 Å². The van der Waals surface area contributed by atoms with Crippen LogP contribution in [0.3, 0.4) is 0 Å². The van der Waals surface area contributed by atoms with Crippen molar-refractivity contribution in [2.75, 3.05) is 12.3 Å². The van der Waals surface area contributed by atoms with Gasteiger partial charge in [0, 0.05) is 22.8 Å². The molecule has 4 rings (SSSR count). The SMILES string of the molecule is C[C@H]1CCCCN1C(=O)CSc1ncnc2sc(-c3ccccc3)cc12. The van der Waals surface area contributed by atoms with E-state index in [-0.39, 0.29) is 5.91 Å². The summed E-state index contributed by atoms with van der Waals surface area (Å²) in [6, 6.07) is 12.8. The molecule has 1 fully saturated rings. The summed E-state index contributed by atoms with van der Waals surface area (Å²) in [6.45, 7) is 3.03. The number of hydrogen-bond acceptors (Lipinski definition) is 5. The number of carbonyl (C=O) groups is 1. The van der Waals surface area contributed by atoms with Crippen LogP contribution in [0.5, 0.6) is 0 Å². The van der Waals surface area contributed by atoms with Crippen LogP contribution in [0.25, 0.3) is 20.7 Å². The monoisotopic (exact) mass is 383 g/mol. The standard InChI is InChI=1S/C20H21N3OS2/c1-14-7-5-6-10-23(14)18(24)12-25-19-16-11-17(15-8-3-2-4-9-15)26-20(16)22-13-21-19/h2-4,8-9,11,13-14H,5-7,10,12H2,1H3/t14-/m0/s1. The number of amides is 1. The summed E-state index contributed by atoms with van der Waals surface area (Å²) in [5.41, 5.74) is 1.18. The summed E-state index contributed by atoms with van der Waals surface area (Å²) in [5, 5.41) is 1.94. The lowest BCUT2D eigenvalue weighted by Crippen LogP contribution is -2.42. The second-order valence-corrected chi connectivity index (χ2v) is 8.59. The van der Waals surface area contributed by atoms with Crippen molar-refractivity contribution >= 4 is 39.2 Å². The molecule has 1 atom stereocenters. The van der Waals surface area contributed by atoms with Gasteiger partial charge in [0.15, 0.2) is 0 Å². The maximum atomic E-state index is 12.6. The number of aromatic nitrogens is 2. The number of fused-ring (bicyclic) bond motifs is 1. The molecule has 0 radical (unpaired) electrons. The minimum Gasteiger partial charge on any atom is -0.339 e. The van der Waals surface area contributed by atoms with Gasteiger partial charge in [-0.1, -0.05) is 42.1 Å². The molecule has 0 spiro atoms. The second-order valence-electron chi connectivity index (χ2n) is 6.59. The molecular formula is C20H21N3OS2. The fourth-order valence-corrected chi connectivity index (χ4v) is 5.30. The highest BCUT2D eigenvalue weighted by Gasteiger charge is 2.23. The zero-order valence-corrected chi connectivity index (χ0v) is 16.4. The number of thioether (sulfide) groups is 1. The van der Waals surface area contributed by atoms with Crippen molar-refractivity contribution in [2.24, 2.45) is 0 Å². The molecule has 0 aliphatic carbocycles. The van der Waals surface area contributed by atoms with Crippen molar-refractivity contribution in [3.8, 4) is 10.4 Å². The molecular weight excluding hydrogens is 362 g/mol. The van der Waals surface area contributed by atoms with Gasteiger partial charge in [0.2, 0.25) is 5.91 Å². The number of nitrogens with zero attached hydrogens (tertiary/aromatic N) is 3. The molecule has 26 heavy (non-hydrogen) atoms. The average Bonchev–Trinajstić information content (AvgIpc) is 3.12. The van der Waals surface area contributed by atoms with Gasteiger partial charge in [-0.3, -0.25) is 4.79 Å². The summed E-state index contributed by atoms with van der Waals surface area (Å²) >= 11 is 3.19. The molecule has 0 unspecified atom stereocenters. The normalized spacial score (nSPS) is 17.6. The van der Waals surface area contributed by atoms with Crippen LogP contribution < -0.4 is 0 Å². The Morgan fingerprint density at radius 2 is 2.12 bits per heavy atom. The van der Waals surface area contributed by atoms with Gasteiger partial charge >= 0.3 is 0 Å². The molecule has 3 heterocycles. The lowest BCUT2D eigenvalue weighted by Gasteiger charge is -2.33. The number of thiophene rings is 1. The second kappa shape index (κ2) is 7.76. The van der Waals surface area contributed by atoms with Crippen molar-refractivity contribution < 1.29 is 4.79 Å². The van der Waals surface area contributed by atoms with Crippen molar-refractivity contribution in [3.05, 3.63) is 42.7 Å². The highest BCUT2D eigenvalue weighted by atomic mass is 32.2. The summed E-state index contributed by atoms with van der Waals surface area (Å²) in [5.74, 6) is 0.653. The lowest BCUT2D eigenvalue weighted by atomic mass is 10.0. The van der Waals surface area contributed by atoms with E-state index in [4.69, 9.17) is 0 Å². The summed E-state index contributed by atoms with van der Waals surface area (Å²) in [7, 11) is 0. The molecule has 1 amide bonds. The van der Waals surface area contributed by atoms with Crippen LogP contribution in [0.15, 0.2) is 47.8 Å². The molecule has 1 aliphatic heterocycles. The van der Waals surface area contributed by atoms with E-state index in [9.17, 15) is 4.79 Å². The molecule has 2 aromatic heterocycles. The highest BCUT2D eigenvalue weighted by molar-refractivity contribution is 8.00. The number of hydrogen-bond donors (Lipinski definition) is 0. The zero-order valence-electron chi connectivity index (χ0n) is 14.7. The Balaban J connectivity index is 1.53. The molecule has 1 aliphatic rings. The third kappa shape index (κ3) is 3.62. The maximum absolute atomic E-state index is 12.6. The first-order valence-corrected chi connectivity index (χ1v) is 10.7. The van der Waals surface area contributed by atoms with E-state index < -0.39 is 0 Å². The van der Waals surface area contributed by atoms with E-state index in [0.29, 0.717) is 11.8 Å². The van der Waals surface area contributed by atoms with Crippen LogP contribution in [-0.2, 0) is 4.79 Å². The molecule has 0 saturated carbocycles. The molecule has 0 N–H and O–H groups in total. The number of likely N-dealkylation sites (tertiary alicyclic amines) is 1. The van der Waals surface area contributed by atoms with Crippen LogP contribution in [-0.4, -0.2) is 39.1 Å². The minimum absolute atomic E-state index is 0.215. The third-order valence-corrected chi connectivity index (χ3v) is 6.89. The fourth-order valence-electron chi connectivity index (χ4n) is 3.38. The largest absolute Gasteiger partial charge is 0.339 e. The molecule has 6 heteroatoms. The predicted octanol–water partition coefficient (Wildman–Crippen LogP) is 4.85. The van der Waals surface area contributed by atoms with Gasteiger partial charge in [0.05, 0.1) is 5.75 Å². The zero-order chi connectivity index (χ0) is 17.9. The average molecular weight is 384 g/mol. The van der Waals surface area contributed by atoms with Crippen LogP contribution in [0.2, 0.25) is 0 Å². The molecule has 3 aromatic rings. The van der Waals surface area contributed by atoms with E-state index >= 15 is 0 Å². The minimum atomic E-state index is 0.215. The van der Waals surface area contributed by atoms with Gasteiger partial charge in [-0.05, 0) is 37.8 Å². The first-order chi connectivity index (χ1) is 12.7. The smallest absolute Gasteiger partial charge is 0.233 e. The summed E-state index contributed by atoms with van der Waals surface area (Å²) < 4.78 is 0. The Bertz CT molecular complexity index is 910. The Morgan fingerprint density at radius 3 is 2.92 bits per heavy atom. The van der Waals surface area contributed by atoms with Gasteiger partial charge in [0.25, 0.3) is 0 Å². The van der Waals surface area contributed by atoms with Crippen molar-refractivity contribution in [2.45, 2.75) is 37.3 Å². The topological polar surface area (TPSA) is 46.1 Å². The van der Waals surface area contributed by atoms with E-state index in [0.717, 1.165) is 34.6 Å². The van der Waals surface area contributed by atoms with Gasteiger partial charge in [-0.25, -0.2) is 9.97 Å². The van der Waals surface area contributed by atoms with Gasteiger partial charge in [0.1, 0.15) is 16.2 Å². The first kappa shape index (κ1) is 17.5. The molecule has 1 saturated heterocycles. The quantitative estimate of drug-likeness (QED) is 0.477. The highest BCUT2D eigenvalue weighted by Crippen LogP contribution is 2.36. The Labute approximate surface area is 161 Å². The number of benzene rings is 1. The molecule has 134 valence electrons. The van der Waals surface area contributed by atoms with Crippen LogP contribution >= 0.6 is 23.1 Å². The number of carbonyl (C=O) groups excluding carboxylic acids is 1. The first-order valence-electron chi connectivity index (χ1n) is 8.94. The fraction of sp³-hybridized carbons (Fsp3) is 0.350. The predicted molar refractivity (Wildman–Crippen MR) is 109 cm³/mol. The molecule has 1 aromatic carbocycles. The Kier molecular flexibility index (Phi) is 5.22. The van der Waals surface area contributed by atoms with Crippen LogP contribution in [0.1, 0.15) is 26.2 Å². The van der Waals surface area contributed by atoms with E-state index in [2.05, 4.69) is 35.1 Å². The van der Waals surface area contributed by atoms with E-state index in [1.54, 1.807) is 17.7 Å².